The quantitative estimate of drug-likeness (QED) is 0.913. The van der Waals surface area contributed by atoms with E-state index >= 15 is 0 Å². The third-order valence-electron chi connectivity index (χ3n) is 4.01. The van der Waals surface area contributed by atoms with Gasteiger partial charge in [-0.2, -0.15) is 0 Å². The van der Waals surface area contributed by atoms with Gasteiger partial charge in [-0.1, -0.05) is 54.6 Å². The van der Waals surface area contributed by atoms with Crippen LogP contribution in [0.5, 0.6) is 0 Å². The second-order valence-corrected chi connectivity index (χ2v) is 5.41. The number of hydrogen-bond donors (Lipinski definition) is 1. The highest BCUT2D eigenvalue weighted by Crippen LogP contribution is 2.19. The Balaban J connectivity index is 1.62. The Labute approximate surface area is 120 Å². The largest absolute Gasteiger partial charge is 0.377 e. The Morgan fingerprint density at radius 2 is 1.70 bits per heavy atom. The third-order valence-corrected chi connectivity index (χ3v) is 4.01. The molecule has 1 aliphatic rings. The van der Waals surface area contributed by atoms with Gasteiger partial charge in [-0.05, 0) is 30.0 Å². The van der Waals surface area contributed by atoms with Crippen LogP contribution in [0.25, 0.3) is 11.1 Å². The Bertz CT molecular complexity index is 535. The van der Waals surface area contributed by atoms with E-state index in [2.05, 4.69) is 60.8 Å². The van der Waals surface area contributed by atoms with Crippen LogP contribution in [0.4, 0.5) is 0 Å². The summed E-state index contributed by atoms with van der Waals surface area (Å²) in [5, 5.41) is 3.58. The Morgan fingerprint density at radius 1 is 1.00 bits per heavy atom. The molecule has 0 aliphatic carbocycles. The summed E-state index contributed by atoms with van der Waals surface area (Å²) in [4.78, 5) is 0. The summed E-state index contributed by atoms with van der Waals surface area (Å²) in [5.41, 5.74) is 3.86. The van der Waals surface area contributed by atoms with Crippen LogP contribution in [0.15, 0.2) is 54.6 Å². The number of nitrogens with one attached hydrogen (secondary N) is 1. The van der Waals surface area contributed by atoms with Crippen molar-refractivity contribution in [2.24, 2.45) is 0 Å². The molecule has 0 aromatic heterocycles. The van der Waals surface area contributed by atoms with Crippen molar-refractivity contribution in [3.63, 3.8) is 0 Å². The number of benzene rings is 2. The summed E-state index contributed by atoms with van der Waals surface area (Å²) in [6.07, 6.45) is 1.45. The molecule has 2 heteroatoms. The lowest BCUT2D eigenvalue weighted by molar-refractivity contribution is 0.113. The standard InChI is InChI=1S/C18H21NO/c1-14-18(11-12-20-14)19-13-15-7-9-17(10-8-15)16-5-3-2-4-6-16/h2-10,14,18-19H,11-13H2,1H3. The molecule has 2 atom stereocenters. The summed E-state index contributed by atoms with van der Waals surface area (Å²) < 4.78 is 5.57. The second kappa shape index (κ2) is 6.21. The first-order valence-electron chi connectivity index (χ1n) is 7.32. The van der Waals surface area contributed by atoms with E-state index in [0.717, 1.165) is 19.6 Å². The molecule has 1 heterocycles. The highest BCUT2D eigenvalue weighted by molar-refractivity contribution is 5.63. The molecule has 3 rings (SSSR count). The summed E-state index contributed by atoms with van der Waals surface area (Å²) in [7, 11) is 0. The van der Waals surface area contributed by atoms with Crippen LogP contribution >= 0.6 is 0 Å². The molecule has 2 aromatic rings. The third kappa shape index (κ3) is 3.09. The predicted molar refractivity (Wildman–Crippen MR) is 82.5 cm³/mol. The summed E-state index contributed by atoms with van der Waals surface area (Å²) in [6.45, 7) is 3.93. The van der Waals surface area contributed by atoms with Gasteiger partial charge in [0.15, 0.2) is 0 Å². The molecule has 0 bridgehead atoms. The summed E-state index contributed by atoms with van der Waals surface area (Å²) in [5.74, 6) is 0. The van der Waals surface area contributed by atoms with E-state index in [1.165, 1.54) is 16.7 Å². The number of hydrogen-bond acceptors (Lipinski definition) is 2. The fourth-order valence-electron chi connectivity index (χ4n) is 2.69. The molecular weight excluding hydrogens is 246 g/mol. The highest BCUT2D eigenvalue weighted by atomic mass is 16.5. The molecule has 1 N–H and O–H groups in total. The fraction of sp³-hybridized carbons (Fsp3) is 0.333. The average Bonchev–Trinajstić information content (AvgIpc) is 2.92. The molecule has 104 valence electrons. The minimum absolute atomic E-state index is 0.332. The van der Waals surface area contributed by atoms with E-state index in [9.17, 15) is 0 Å². The van der Waals surface area contributed by atoms with Crippen molar-refractivity contribution < 1.29 is 4.74 Å². The van der Waals surface area contributed by atoms with Crippen molar-refractivity contribution in [2.45, 2.75) is 32.0 Å². The van der Waals surface area contributed by atoms with Gasteiger partial charge in [0.05, 0.1) is 6.10 Å². The average molecular weight is 267 g/mol. The first-order valence-corrected chi connectivity index (χ1v) is 7.32. The van der Waals surface area contributed by atoms with Gasteiger partial charge < -0.3 is 10.1 Å². The molecule has 0 radical (unpaired) electrons. The molecule has 20 heavy (non-hydrogen) atoms. The van der Waals surface area contributed by atoms with Gasteiger partial charge >= 0.3 is 0 Å². The van der Waals surface area contributed by atoms with Crippen LogP contribution in [-0.4, -0.2) is 18.8 Å². The highest BCUT2D eigenvalue weighted by Gasteiger charge is 2.23. The smallest absolute Gasteiger partial charge is 0.0700 e. The van der Waals surface area contributed by atoms with Crippen molar-refractivity contribution in [2.75, 3.05) is 6.61 Å². The van der Waals surface area contributed by atoms with Gasteiger partial charge in [-0.3, -0.25) is 0 Å². The van der Waals surface area contributed by atoms with Crippen molar-refractivity contribution in [1.29, 1.82) is 0 Å². The maximum absolute atomic E-state index is 5.57. The zero-order valence-corrected chi connectivity index (χ0v) is 11.9. The van der Waals surface area contributed by atoms with E-state index in [4.69, 9.17) is 4.74 Å². The molecule has 0 saturated carbocycles. The molecule has 0 amide bonds. The lowest BCUT2D eigenvalue weighted by Gasteiger charge is -2.16. The molecule has 1 fully saturated rings. The van der Waals surface area contributed by atoms with Crippen LogP contribution in [-0.2, 0) is 11.3 Å². The zero-order valence-electron chi connectivity index (χ0n) is 11.9. The van der Waals surface area contributed by atoms with Crippen LogP contribution in [0.3, 0.4) is 0 Å². The van der Waals surface area contributed by atoms with Crippen molar-refractivity contribution in [3.8, 4) is 11.1 Å². The van der Waals surface area contributed by atoms with Gasteiger partial charge in [-0.25, -0.2) is 0 Å². The Hall–Kier alpha value is -1.64. The maximum Gasteiger partial charge on any atom is 0.0700 e. The van der Waals surface area contributed by atoms with Gasteiger partial charge in [-0.15, -0.1) is 0 Å². The van der Waals surface area contributed by atoms with E-state index in [0.29, 0.717) is 12.1 Å². The normalized spacial score (nSPS) is 22.1. The summed E-state index contributed by atoms with van der Waals surface area (Å²) >= 11 is 0. The molecule has 2 unspecified atom stereocenters. The van der Waals surface area contributed by atoms with E-state index < -0.39 is 0 Å². The molecule has 2 aromatic carbocycles. The van der Waals surface area contributed by atoms with E-state index in [1.807, 2.05) is 6.07 Å². The second-order valence-electron chi connectivity index (χ2n) is 5.41. The Morgan fingerprint density at radius 3 is 2.35 bits per heavy atom. The monoisotopic (exact) mass is 267 g/mol. The van der Waals surface area contributed by atoms with Crippen LogP contribution in [0, 0.1) is 0 Å². The van der Waals surface area contributed by atoms with Crippen LogP contribution in [0.2, 0.25) is 0 Å². The maximum atomic E-state index is 5.57. The van der Waals surface area contributed by atoms with Gasteiger partial charge in [0.1, 0.15) is 0 Å². The minimum Gasteiger partial charge on any atom is -0.377 e. The fourth-order valence-corrected chi connectivity index (χ4v) is 2.69. The first-order chi connectivity index (χ1) is 9.83. The zero-order chi connectivity index (χ0) is 13.8. The van der Waals surface area contributed by atoms with Gasteiger partial charge in [0.25, 0.3) is 0 Å². The van der Waals surface area contributed by atoms with Crippen molar-refractivity contribution in [3.05, 3.63) is 60.2 Å². The molecular formula is C18H21NO. The Kier molecular flexibility index (Phi) is 4.14. The van der Waals surface area contributed by atoms with E-state index in [1.54, 1.807) is 0 Å². The lowest BCUT2D eigenvalue weighted by atomic mass is 10.0. The van der Waals surface area contributed by atoms with Crippen LogP contribution in [0.1, 0.15) is 18.9 Å². The number of rotatable bonds is 4. The van der Waals surface area contributed by atoms with Crippen molar-refractivity contribution in [1.82, 2.24) is 5.32 Å². The lowest BCUT2D eigenvalue weighted by Crippen LogP contribution is -2.34. The predicted octanol–water partition coefficient (Wildman–Crippen LogP) is 3.62. The van der Waals surface area contributed by atoms with Gasteiger partial charge in [0, 0.05) is 19.2 Å². The van der Waals surface area contributed by atoms with Crippen LogP contribution < -0.4 is 5.32 Å². The topological polar surface area (TPSA) is 21.3 Å². The minimum atomic E-state index is 0.332. The number of ether oxygens (including phenoxy) is 1. The van der Waals surface area contributed by atoms with Gasteiger partial charge in [0.2, 0.25) is 0 Å². The molecule has 1 aliphatic heterocycles. The summed E-state index contributed by atoms with van der Waals surface area (Å²) in [6, 6.07) is 19.8. The van der Waals surface area contributed by atoms with Crippen molar-refractivity contribution >= 4 is 0 Å². The molecule has 2 nitrogen and oxygen atoms in total. The van der Waals surface area contributed by atoms with E-state index in [-0.39, 0.29) is 0 Å². The molecule has 1 saturated heterocycles. The first kappa shape index (κ1) is 13.3. The SMILES string of the molecule is CC1OCCC1NCc1ccc(-c2ccccc2)cc1. The molecule has 0 spiro atoms.